The molecular weight excluding hydrogens is 258 g/mol. The SMILES string of the molecule is CCCCNC(CC(=O)c1ccccc1)c1ccccc1. The minimum absolute atomic E-state index is 0.0884. The van der Waals surface area contributed by atoms with E-state index in [4.69, 9.17) is 0 Å². The number of carbonyl (C=O) groups is 1. The van der Waals surface area contributed by atoms with Gasteiger partial charge in [0.25, 0.3) is 0 Å². The van der Waals surface area contributed by atoms with Gasteiger partial charge in [0, 0.05) is 18.0 Å². The Labute approximate surface area is 127 Å². The van der Waals surface area contributed by atoms with Gasteiger partial charge in [-0.25, -0.2) is 0 Å². The van der Waals surface area contributed by atoms with Crippen LogP contribution in [0.25, 0.3) is 0 Å². The van der Waals surface area contributed by atoms with Crippen molar-refractivity contribution in [3.05, 3.63) is 71.8 Å². The molecule has 1 unspecified atom stereocenters. The van der Waals surface area contributed by atoms with Gasteiger partial charge in [0.15, 0.2) is 5.78 Å². The fraction of sp³-hybridized carbons (Fsp3) is 0.316. The molecule has 21 heavy (non-hydrogen) atoms. The summed E-state index contributed by atoms with van der Waals surface area (Å²) in [6, 6.07) is 19.8. The molecule has 2 heteroatoms. The first-order valence-electron chi connectivity index (χ1n) is 7.68. The molecule has 1 atom stereocenters. The summed E-state index contributed by atoms with van der Waals surface area (Å²) in [4.78, 5) is 12.4. The Kier molecular flexibility index (Phi) is 6.17. The topological polar surface area (TPSA) is 29.1 Å². The fourth-order valence-electron chi connectivity index (χ4n) is 2.37. The number of ketones is 1. The van der Waals surface area contributed by atoms with Crippen molar-refractivity contribution in [3.8, 4) is 0 Å². The van der Waals surface area contributed by atoms with Crippen LogP contribution in [0.2, 0.25) is 0 Å². The molecule has 2 aromatic rings. The van der Waals surface area contributed by atoms with Gasteiger partial charge in [0.2, 0.25) is 0 Å². The van der Waals surface area contributed by atoms with Crippen molar-refractivity contribution in [1.82, 2.24) is 5.32 Å². The quantitative estimate of drug-likeness (QED) is 0.574. The second kappa shape index (κ2) is 8.38. The molecular formula is C19H23NO. The fourth-order valence-corrected chi connectivity index (χ4v) is 2.37. The third-order valence-electron chi connectivity index (χ3n) is 3.61. The molecule has 0 aromatic heterocycles. The summed E-state index contributed by atoms with van der Waals surface area (Å²) in [6.07, 6.45) is 2.78. The first-order chi connectivity index (χ1) is 10.3. The van der Waals surface area contributed by atoms with Gasteiger partial charge in [0.05, 0.1) is 0 Å². The molecule has 0 heterocycles. The molecule has 0 fully saturated rings. The highest BCUT2D eigenvalue weighted by Crippen LogP contribution is 2.19. The van der Waals surface area contributed by atoms with Crippen LogP contribution in [0.5, 0.6) is 0 Å². The first-order valence-corrected chi connectivity index (χ1v) is 7.68. The zero-order valence-corrected chi connectivity index (χ0v) is 12.6. The summed E-state index contributed by atoms with van der Waals surface area (Å²) in [5.74, 6) is 0.188. The lowest BCUT2D eigenvalue weighted by atomic mass is 9.98. The second-order valence-corrected chi connectivity index (χ2v) is 5.26. The van der Waals surface area contributed by atoms with Crippen LogP contribution in [0.15, 0.2) is 60.7 Å². The number of hydrogen-bond acceptors (Lipinski definition) is 2. The van der Waals surface area contributed by atoms with Crippen LogP contribution in [-0.4, -0.2) is 12.3 Å². The number of hydrogen-bond donors (Lipinski definition) is 1. The molecule has 0 aliphatic heterocycles. The molecule has 110 valence electrons. The van der Waals surface area contributed by atoms with Gasteiger partial charge in [-0.2, -0.15) is 0 Å². The normalized spacial score (nSPS) is 12.0. The van der Waals surface area contributed by atoms with Crippen LogP contribution >= 0.6 is 0 Å². The average Bonchev–Trinajstić information content (AvgIpc) is 2.55. The average molecular weight is 281 g/mol. The second-order valence-electron chi connectivity index (χ2n) is 5.26. The number of Topliss-reactive ketones (excluding diaryl/α,β-unsaturated/α-hetero) is 1. The number of unbranched alkanes of at least 4 members (excludes halogenated alkanes) is 1. The highest BCUT2D eigenvalue weighted by Gasteiger charge is 2.16. The van der Waals surface area contributed by atoms with Gasteiger partial charge < -0.3 is 5.32 Å². The third kappa shape index (κ3) is 4.83. The Hall–Kier alpha value is -1.93. The highest BCUT2D eigenvalue weighted by atomic mass is 16.1. The maximum atomic E-state index is 12.4. The van der Waals surface area contributed by atoms with Crippen molar-refractivity contribution in [3.63, 3.8) is 0 Å². The van der Waals surface area contributed by atoms with E-state index in [9.17, 15) is 4.79 Å². The van der Waals surface area contributed by atoms with E-state index in [1.165, 1.54) is 5.56 Å². The van der Waals surface area contributed by atoms with E-state index in [1.54, 1.807) is 0 Å². The van der Waals surface area contributed by atoms with Gasteiger partial charge in [-0.15, -0.1) is 0 Å². The molecule has 0 aliphatic carbocycles. The maximum absolute atomic E-state index is 12.4. The van der Waals surface area contributed by atoms with Crippen LogP contribution in [0, 0.1) is 0 Å². The Balaban J connectivity index is 2.07. The van der Waals surface area contributed by atoms with Crippen molar-refractivity contribution in [2.24, 2.45) is 0 Å². The summed E-state index contributed by atoms with van der Waals surface area (Å²) in [5.41, 5.74) is 1.97. The molecule has 0 spiro atoms. The van der Waals surface area contributed by atoms with Crippen LogP contribution in [-0.2, 0) is 0 Å². The summed E-state index contributed by atoms with van der Waals surface area (Å²) < 4.78 is 0. The molecule has 0 aliphatic rings. The van der Waals surface area contributed by atoms with Crippen molar-refractivity contribution < 1.29 is 4.79 Å². The number of rotatable bonds is 8. The molecule has 0 radical (unpaired) electrons. The first kappa shape index (κ1) is 15.5. The van der Waals surface area contributed by atoms with Crippen molar-refractivity contribution >= 4 is 5.78 Å². The van der Waals surface area contributed by atoms with E-state index in [-0.39, 0.29) is 11.8 Å². The highest BCUT2D eigenvalue weighted by molar-refractivity contribution is 5.96. The van der Waals surface area contributed by atoms with Crippen LogP contribution in [0.3, 0.4) is 0 Å². The monoisotopic (exact) mass is 281 g/mol. The summed E-state index contributed by atoms with van der Waals surface area (Å²) >= 11 is 0. The number of nitrogens with one attached hydrogen (secondary N) is 1. The summed E-state index contributed by atoms with van der Waals surface area (Å²) in [7, 11) is 0. The minimum atomic E-state index is 0.0884. The van der Waals surface area contributed by atoms with E-state index in [1.807, 2.05) is 48.5 Å². The maximum Gasteiger partial charge on any atom is 0.164 e. The largest absolute Gasteiger partial charge is 0.310 e. The van der Waals surface area contributed by atoms with Crippen molar-refractivity contribution in [2.45, 2.75) is 32.2 Å². The summed E-state index contributed by atoms with van der Waals surface area (Å²) in [6.45, 7) is 3.12. The predicted octanol–water partition coefficient (Wildman–Crippen LogP) is 4.39. The van der Waals surface area contributed by atoms with Gasteiger partial charge in [-0.3, -0.25) is 4.79 Å². The van der Waals surface area contributed by atoms with Gasteiger partial charge in [0.1, 0.15) is 0 Å². The standard InChI is InChI=1S/C19H23NO/c1-2-3-14-20-18(16-10-6-4-7-11-16)15-19(21)17-12-8-5-9-13-17/h4-13,18,20H,2-3,14-15H2,1H3. The Morgan fingerprint density at radius 1 is 1.00 bits per heavy atom. The number of benzene rings is 2. The van der Waals surface area contributed by atoms with E-state index in [0.29, 0.717) is 6.42 Å². The van der Waals surface area contributed by atoms with Crippen LogP contribution in [0.4, 0.5) is 0 Å². The smallest absolute Gasteiger partial charge is 0.164 e. The zero-order chi connectivity index (χ0) is 14.9. The molecule has 0 saturated heterocycles. The lowest BCUT2D eigenvalue weighted by Crippen LogP contribution is -2.25. The van der Waals surface area contributed by atoms with Gasteiger partial charge >= 0.3 is 0 Å². The van der Waals surface area contributed by atoms with Crippen LogP contribution in [0.1, 0.15) is 48.1 Å². The predicted molar refractivity (Wildman–Crippen MR) is 87.5 cm³/mol. The van der Waals surface area contributed by atoms with E-state index in [2.05, 4.69) is 24.4 Å². The molecule has 0 saturated carbocycles. The molecule has 1 N–H and O–H groups in total. The Morgan fingerprint density at radius 3 is 2.24 bits per heavy atom. The van der Waals surface area contributed by atoms with E-state index >= 15 is 0 Å². The van der Waals surface area contributed by atoms with Gasteiger partial charge in [-0.05, 0) is 18.5 Å². The van der Waals surface area contributed by atoms with Gasteiger partial charge in [-0.1, -0.05) is 74.0 Å². The Morgan fingerprint density at radius 2 is 1.62 bits per heavy atom. The molecule has 2 rings (SSSR count). The molecule has 2 nitrogen and oxygen atoms in total. The Bertz CT molecular complexity index is 536. The zero-order valence-electron chi connectivity index (χ0n) is 12.6. The summed E-state index contributed by atoms with van der Waals surface area (Å²) in [5, 5.41) is 3.52. The third-order valence-corrected chi connectivity index (χ3v) is 3.61. The lowest BCUT2D eigenvalue weighted by molar-refractivity contribution is 0.0968. The molecule has 2 aromatic carbocycles. The minimum Gasteiger partial charge on any atom is -0.310 e. The lowest BCUT2D eigenvalue weighted by Gasteiger charge is -2.18. The van der Waals surface area contributed by atoms with Crippen LogP contribution < -0.4 is 5.32 Å². The van der Waals surface area contributed by atoms with E-state index in [0.717, 1.165) is 24.9 Å². The molecule has 0 amide bonds. The van der Waals surface area contributed by atoms with Crippen molar-refractivity contribution in [1.29, 1.82) is 0 Å². The number of carbonyl (C=O) groups excluding carboxylic acids is 1. The molecule has 0 bridgehead atoms. The van der Waals surface area contributed by atoms with E-state index < -0.39 is 0 Å². The van der Waals surface area contributed by atoms with Crippen molar-refractivity contribution in [2.75, 3.05) is 6.54 Å².